The molecule has 176 valence electrons. The van der Waals surface area contributed by atoms with E-state index < -0.39 is 16.0 Å². The molecule has 0 radical (unpaired) electrons. The lowest BCUT2D eigenvalue weighted by Gasteiger charge is -2.25. The van der Waals surface area contributed by atoms with Crippen LogP contribution in [0, 0.1) is 6.92 Å². The number of rotatable bonds is 6. The van der Waals surface area contributed by atoms with E-state index in [4.69, 9.17) is 9.26 Å². The minimum atomic E-state index is -3.67. The molecule has 0 atom stereocenters. The molecule has 10 heteroatoms. The molecule has 5 rings (SSSR count). The maximum absolute atomic E-state index is 13.3. The molecule has 0 aliphatic carbocycles. The summed E-state index contributed by atoms with van der Waals surface area (Å²) in [5, 5.41) is 4.87. The average molecular weight is 498 g/mol. The van der Waals surface area contributed by atoms with Crippen molar-refractivity contribution in [3.63, 3.8) is 0 Å². The van der Waals surface area contributed by atoms with E-state index in [1.54, 1.807) is 19.1 Å². The van der Waals surface area contributed by atoms with Crippen molar-refractivity contribution in [2.75, 3.05) is 19.7 Å². The van der Waals surface area contributed by atoms with Crippen molar-refractivity contribution < 1.29 is 22.5 Å². The molecule has 3 aromatic heterocycles. The summed E-state index contributed by atoms with van der Waals surface area (Å²) >= 11 is 1.09. The summed E-state index contributed by atoms with van der Waals surface area (Å²) in [4.78, 5) is 15.8. The fourth-order valence-electron chi connectivity index (χ4n) is 4.20. The second kappa shape index (κ2) is 8.86. The third-order valence-electron chi connectivity index (χ3n) is 5.80. The van der Waals surface area contributed by atoms with Crippen molar-refractivity contribution in [3.8, 4) is 10.6 Å². The molecule has 1 aromatic carbocycles. The molecule has 4 aromatic rings. The van der Waals surface area contributed by atoms with E-state index in [-0.39, 0.29) is 16.5 Å². The van der Waals surface area contributed by atoms with Gasteiger partial charge in [0.2, 0.25) is 0 Å². The van der Waals surface area contributed by atoms with Crippen LogP contribution in [-0.2, 0) is 14.8 Å². The molecule has 4 heterocycles. The van der Waals surface area contributed by atoms with Gasteiger partial charge in [0.15, 0.2) is 11.5 Å². The smallest absolute Gasteiger partial charge is 0.360 e. The van der Waals surface area contributed by atoms with Gasteiger partial charge in [-0.05, 0) is 44.0 Å². The Balaban J connectivity index is 1.36. The fourth-order valence-corrected chi connectivity index (χ4v) is 6.99. The number of carbonyl (C=O) groups is 1. The number of thiophene rings is 1. The molecule has 34 heavy (non-hydrogen) atoms. The summed E-state index contributed by atoms with van der Waals surface area (Å²) in [6.45, 7) is 4.68. The summed E-state index contributed by atoms with van der Waals surface area (Å²) in [7, 11) is -3.67. The van der Waals surface area contributed by atoms with Crippen LogP contribution in [0.3, 0.4) is 0 Å². The van der Waals surface area contributed by atoms with Gasteiger partial charge < -0.3 is 14.2 Å². The first-order chi connectivity index (χ1) is 16.4. The van der Waals surface area contributed by atoms with E-state index in [0.29, 0.717) is 30.1 Å². The Bertz CT molecular complexity index is 1510. The van der Waals surface area contributed by atoms with E-state index in [1.807, 2.05) is 31.2 Å². The van der Waals surface area contributed by atoms with Crippen LogP contribution >= 0.6 is 11.3 Å². The Morgan fingerprint density at radius 3 is 2.85 bits per heavy atom. The van der Waals surface area contributed by atoms with Crippen LogP contribution in [-0.4, -0.2) is 48.5 Å². The number of H-pyrrole nitrogens is 1. The third-order valence-corrected chi connectivity index (χ3v) is 9.23. The van der Waals surface area contributed by atoms with Gasteiger partial charge in [-0.1, -0.05) is 29.4 Å². The number of esters is 1. The topological polar surface area (TPSA) is 106 Å². The zero-order valence-electron chi connectivity index (χ0n) is 18.7. The van der Waals surface area contributed by atoms with Crippen LogP contribution < -0.4 is 0 Å². The highest BCUT2D eigenvalue weighted by Crippen LogP contribution is 2.36. The number of aromatic amines is 1. The minimum Gasteiger partial charge on any atom is -0.461 e. The number of ether oxygens (including phenoxy) is 1. The van der Waals surface area contributed by atoms with Crippen LogP contribution in [0.25, 0.3) is 27.1 Å². The van der Waals surface area contributed by atoms with Gasteiger partial charge in [0.1, 0.15) is 4.21 Å². The van der Waals surface area contributed by atoms with E-state index in [1.165, 1.54) is 10.4 Å². The number of aryl methyl sites for hydroxylation is 1. The predicted molar refractivity (Wildman–Crippen MR) is 130 cm³/mol. The number of hydrogen-bond donors (Lipinski definition) is 1. The zero-order valence-corrected chi connectivity index (χ0v) is 20.3. The highest BCUT2D eigenvalue weighted by Gasteiger charge is 2.29. The van der Waals surface area contributed by atoms with Crippen LogP contribution in [0.5, 0.6) is 0 Å². The van der Waals surface area contributed by atoms with Gasteiger partial charge in [0.05, 0.1) is 11.5 Å². The van der Waals surface area contributed by atoms with Crippen LogP contribution in [0.4, 0.5) is 0 Å². The Morgan fingerprint density at radius 2 is 2.09 bits per heavy atom. The Labute approximate surface area is 200 Å². The molecule has 8 nitrogen and oxygen atoms in total. The molecule has 0 fully saturated rings. The minimum absolute atomic E-state index is 0.0518. The fraction of sp³-hybridized carbons (Fsp3) is 0.250. The van der Waals surface area contributed by atoms with Gasteiger partial charge in [0.25, 0.3) is 10.0 Å². The van der Waals surface area contributed by atoms with Crippen molar-refractivity contribution in [1.82, 2.24) is 14.4 Å². The summed E-state index contributed by atoms with van der Waals surface area (Å²) < 4.78 is 38.4. The monoisotopic (exact) mass is 497 g/mol. The van der Waals surface area contributed by atoms with E-state index in [9.17, 15) is 13.2 Å². The number of nitrogens with one attached hydrogen (secondary N) is 1. The standard InChI is InChI=1S/C24H23N3O5S2/c1-3-31-24(28)19-14-20(32-26-19)21-8-9-22(33-21)34(29,30)27-12-10-16(11-13-27)23-15(2)25-18-7-5-4-6-17(18)23/h4-10,14,25H,3,11-13H2,1-2H3. The lowest BCUT2D eigenvalue weighted by Crippen LogP contribution is -2.34. The summed E-state index contributed by atoms with van der Waals surface area (Å²) in [5.41, 5.74) is 4.53. The third kappa shape index (κ3) is 3.97. The van der Waals surface area contributed by atoms with Gasteiger partial charge in [-0.25, -0.2) is 13.2 Å². The van der Waals surface area contributed by atoms with Crippen molar-refractivity contribution in [2.45, 2.75) is 24.5 Å². The SMILES string of the molecule is CCOC(=O)c1cc(-c2ccc(S(=O)(=O)N3CC=C(c4c(C)[nH]c5ccccc45)CC3)s2)on1. The van der Waals surface area contributed by atoms with Crippen LogP contribution in [0.1, 0.15) is 35.1 Å². The molecule has 0 bridgehead atoms. The first-order valence-corrected chi connectivity index (χ1v) is 13.1. The van der Waals surface area contributed by atoms with Gasteiger partial charge >= 0.3 is 5.97 Å². The summed E-state index contributed by atoms with van der Waals surface area (Å²) in [5.74, 6) is -0.256. The zero-order chi connectivity index (χ0) is 23.9. The van der Waals surface area contributed by atoms with E-state index in [0.717, 1.165) is 39.1 Å². The number of benzene rings is 1. The first kappa shape index (κ1) is 22.6. The van der Waals surface area contributed by atoms with Crippen molar-refractivity contribution >= 4 is 43.8 Å². The maximum atomic E-state index is 13.3. The summed E-state index contributed by atoms with van der Waals surface area (Å²) in [6.07, 6.45) is 2.63. The number of nitrogens with zero attached hydrogens (tertiary/aromatic N) is 2. The first-order valence-electron chi connectivity index (χ1n) is 10.9. The molecule has 0 unspecified atom stereocenters. The van der Waals surface area contributed by atoms with Crippen molar-refractivity contribution in [1.29, 1.82) is 0 Å². The molecule has 1 N–H and O–H groups in total. The number of aromatic nitrogens is 2. The molecule has 1 aliphatic heterocycles. The van der Waals surface area contributed by atoms with Gasteiger partial charge in [0, 0.05) is 41.3 Å². The highest BCUT2D eigenvalue weighted by molar-refractivity contribution is 7.91. The highest BCUT2D eigenvalue weighted by atomic mass is 32.2. The Hall–Kier alpha value is -3.21. The maximum Gasteiger partial charge on any atom is 0.360 e. The molecule has 0 saturated carbocycles. The molecular weight excluding hydrogens is 474 g/mol. The lowest BCUT2D eigenvalue weighted by atomic mass is 9.97. The predicted octanol–water partition coefficient (Wildman–Crippen LogP) is 4.85. The molecule has 0 amide bonds. The number of hydrogen-bond acceptors (Lipinski definition) is 7. The van der Waals surface area contributed by atoms with Crippen LogP contribution in [0.2, 0.25) is 0 Å². The molecule has 0 spiro atoms. The number of carbonyl (C=O) groups excluding carboxylic acids is 1. The van der Waals surface area contributed by atoms with Crippen molar-refractivity contribution in [3.05, 3.63) is 65.5 Å². The largest absolute Gasteiger partial charge is 0.461 e. The normalized spacial score (nSPS) is 14.9. The molecule has 0 saturated heterocycles. The lowest BCUT2D eigenvalue weighted by molar-refractivity contribution is 0.0514. The molecular formula is C24H23N3O5S2. The average Bonchev–Trinajstić information content (AvgIpc) is 3.57. The van der Waals surface area contributed by atoms with Crippen LogP contribution in [0.15, 0.2) is 57.3 Å². The second-order valence-electron chi connectivity index (χ2n) is 7.93. The van der Waals surface area contributed by atoms with Crippen molar-refractivity contribution in [2.24, 2.45) is 0 Å². The Morgan fingerprint density at radius 1 is 1.26 bits per heavy atom. The summed E-state index contributed by atoms with van der Waals surface area (Å²) in [6, 6.07) is 12.8. The second-order valence-corrected chi connectivity index (χ2v) is 11.2. The van der Waals surface area contributed by atoms with Gasteiger partial charge in [-0.3, -0.25) is 0 Å². The quantitative estimate of drug-likeness (QED) is 0.382. The van der Waals surface area contributed by atoms with E-state index >= 15 is 0 Å². The molecule has 1 aliphatic rings. The van der Waals surface area contributed by atoms with Gasteiger partial charge in [-0.15, -0.1) is 11.3 Å². The van der Waals surface area contributed by atoms with Gasteiger partial charge in [-0.2, -0.15) is 4.31 Å². The number of fused-ring (bicyclic) bond motifs is 1. The number of para-hydroxylation sites is 1. The Kier molecular flexibility index (Phi) is 5.88. The number of sulfonamides is 1. The van der Waals surface area contributed by atoms with E-state index in [2.05, 4.69) is 16.2 Å².